The fraction of sp³-hybridized carbons (Fsp3) is 0.357. The molecule has 1 heterocycles. The Kier molecular flexibility index (Phi) is 4.47. The topological polar surface area (TPSA) is 71.1 Å². The molecule has 0 unspecified atom stereocenters. The van der Waals surface area contributed by atoms with Crippen molar-refractivity contribution >= 4 is 5.97 Å². The Morgan fingerprint density at radius 3 is 2.75 bits per heavy atom. The lowest BCUT2D eigenvalue weighted by molar-refractivity contribution is 0.0520. The monoisotopic (exact) mass is 274 g/mol. The fourth-order valence-corrected chi connectivity index (χ4v) is 1.99. The molecule has 0 fully saturated rings. The standard InChI is InChI=1S/C14H18N4O2/c1-4-20-14(19)13-12(15-17-16-13)11-8-6-5-7-10(11)9-18(2)3/h5-8H,4,9H2,1-3H3,(H,15,16,17). The van der Waals surface area contributed by atoms with Gasteiger partial charge in [-0.05, 0) is 26.6 Å². The van der Waals surface area contributed by atoms with Gasteiger partial charge in [0.25, 0.3) is 0 Å². The van der Waals surface area contributed by atoms with Gasteiger partial charge in [0, 0.05) is 12.1 Å². The summed E-state index contributed by atoms with van der Waals surface area (Å²) in [6, 6.07) is 7.82. The molecule has 20 heavy (non-hydrogen) atoms. The molecule has 0 aliphatic rings. The van der Waals surface area contributed by atoms with Crippen LogP contribution in [0.15, 0.2) is 24.3 Å². The van der Waals surface area contributed by atoms with E-state index in [-0.39, 0.29) is 5.69 Å². The Morgan fingerprint density at radius 1 is 1.30 bits per heavy atom. The number of aromatic nitrogens is 3. The number of benzene rings is 1. The lowest BCUT2D eigenvalue weighted by Gasteiger charge is -2.13. The van der Waals surface area contributed by atoms with Crippen molar-refractivity contribution in [3.05, 3.63) is 35.5 Å². The van der Waals surface area contributed by atoms with Crippen LogP contribution in [-0.4, -0.2) is 47.0 Å². The summed E-state index contributed by atoms with van der Waals surface area (Å²) in [6.45, 7) is 2.83. The first-order chi connectivity index (χ1) is 9.63. The molecule has 0 bridgehead atoms. The van der Waals surface area contributed by atoms with Gasteiger partial charge in [0.15, 0.2) is 5.69 Å². The predicted molar refractivity (Wildman–Crippen MR) is 75.2 cm³/mol. The molecule has 0 atom stereocenters. The summed E-state index contributed by atoms with van der Waals surface area (Å²) in [6.07, 6.45) is 0. The quantitative estimate of drug-likeness (QED) is 0.840. The van der Waals surface area contributed by atoms with Crippen LogP contribution < -0.4 is 0 Å². The second kappa shape index (κ2) is 6.29. The second-order valence-electron chi connectivity index (χ2n) is 4.64. The molecule has 6 heteroatoms. The number of ether oxygens (including phenoxy) is 1. The van der Waals surface area contributed by atoms with Crippen LogP contribution in [0.25, 0.3) is 11.3 Å². The molecule has 1 aromatic carbocycles. The largest absolute Gasteiger partial charge is 0.461 e. The van der Waals surface area contributed by atoms with Crippen LogP contribution in [-0.2, 0) is 11.3 Å². The third kappa shape index (κ3) is 3.03. The first-order valence-electron chi connectivity index (χ1n) is 6.44. The summed E-state index contributed by atoms with van der Waals surface area (Å²) in [5.41, 5.74) is 2.72. The van der Waals surface area contributed by atoms with Crippen LogP contribution in [0.5, 0.6) is 0 Å². The van der Waals surface area contributed by atoms with Crippen LogP contribution >= 0.6 is 0 Å². The molecule has 0 amide bonds. The molecule has 0 aliphatic heterocycles. The highest BCUT2D eigenvalue weighted by molar-refractivity contribution is 5.94. The average Bonchev–Trinajstić information content (AvgIpc) is 2.88. The smallest absolute Gasteiger partial charge is 0.361 e. The van der Waals surface area contributed by atoms with Gasteiger partial charge in [0.1, 0.15) is 5.69 Å². The number of esters is 1. The number of hydrogen-bond acceptors (Lipinski definition) is 5. The van der Waals surface area contributed by atoms with Gasteiger partial charge in [-0.25, -0.2) is 4.79 Å². The zero-order valence-corrected chi connectivity index (χ0v) is 11.9. The van der Waals surface area contributed by atoms with Gasteiger partial charge in [-0.15, -0.1) is 5.10 Å². The lowest BCUT2D eigenvalue weighted by Crippen LogP contribution is -2.12. The maximum absolute atomic E-state index is 11.9. The Bertz CT molecular complexity index is 592. The predicted octanol–water partition coefficient (Wildman–Crippen LogP) is 1.71. The highest BCUT2D eigenvalue weighted by Crippen LogP contribution is 2.25. The number of nitrogens with zero attached hydrogens (tertiary/aromatic N) is 3. The molecule has 0 spiro atoms. The number of carbonyl (C=O) groups excluding carboxylic acids is 1. The fourth-order valence-electron chi connectivity index (χ4n) is 1.99. The van der Waals surface area contributed by atoms with Crippen molar-refractivity contribution < 1.29 is 9.53 Å². The van der Waals surface area contributed by atoms with E-state index >= 15 is 0 Å². The minimum atomic E-state index is -0.462. The highest BCUT2D eigenvalue weighted by atomic mass is 16.5. The SMILES string of the molecule is CCOC(=O)c1n[nH]nc1-c1ccccc1CN(C)C. The van der Waals surface area contributed by atoms with E-state index in [1.54, 1.807) is 6.92 Å². The average molecular weight is 274 g/mol. The summed E-state index contributed by atoms with van der Waals surface area (Å²) in [4.78, 5) is 13.9. The van der Waals surface area contributed by atoms with Crippen molar-refractivity contribution in [3.63, 3.8) is 0 Å². The van der Waals surface area contributed by atoms with Crippen LogP contribution in [0.3, 0.4) is 0 Å². The van der Waals surface area contributed by atoms with E-state index in [0.717, 1.165) is 17.7 Å². The number of nitrogens with one attached hydrogen (secondary N) is 1. The summed E-state index contributed by atoms with van der Waals surface area (Å²) in [5.74, 6) is -0.462. The van der Waals surface area contributed by atoms with E-state index in [9.17, 15) is 4.79 Å². The molecule has 2 rings (SSSR count). The van der Waals surface area contributed by atoms with Gasteiger partial charge in [-0.1, -0.05) is 24.3 Å². The summed E-state index contributed by atoms with van der Waals surface area (Å²) < 4.78 is 5.00. The van der Waals surface area contributed by atoms with Crippen molar-refractivity contribution in [2.75, 3.05) is 20.7 Å². The molecule has 1 N–H and O–H groups in total. The number of aromatic amines is 1. The number of rotatable bonds is 5. The minimum absolute atomic E-state index is 0.220. The van der Waals surface area contributed by atoms with Crippen molar-refractivity contribution in [1.82, 2.24) is 20.3 Å². The van der Waals surface area contributed by atoms with Crippen molar-refractivity contribution in [3.8, 4) is 11.3 Å². The number of carbonyl (C=O) groups is 1. The number of hydrogen-bond donors (Lipinski definition) is 1. The van der Waals surface area contributed by atoms with Crippen LogP contribution in [0.1, 0.15) is 23.0 Å². The van der Waals surface area contributed by atoms with E-state index in [4.69, 9.17) is 4.74 Å². The van der Waals surface area contributed by atoms with Crippen LogP contribution in [0.4, 0.5) is 0 Å². The van der Waals surface area contributed by atoms with Crippen molar-refractivity contribution in [1.29, 1.82) is 0 Å². The Labute approximate surface area is 117 Å². The zero-order chi connectivity index (χ0) is 14.5. The maximum Gasteiger partial charge on any atom is 0.361 e. The normalized spacial score (nSPS) is 10.8. The molecule has 0 aliphatic carbocycles. The van der Waals surface area contributed by atoms with Crippen LogP contribution in [0.2, 0.25) is 0 Å². The maximum atomic E-state index is 11.9. The third-order valence-electron chi connectivity index (χ3n) is 2.78. The molecule has 6 nitrogen and oxygen atoms in total. The molecule has 2 aromatic rings. The Morgan fingerprint density at radius 2 is 2.05 bits per heavy atom. The summed E-state index contributed by atoms with van der Waals surface area (Å²) in [7, 11) is 3.98. The molecule has 106 valence electrons. The molecule has 0 saturated heterocycles. The van der Waals surface area contributed by atoms with Crippen LogP contribution in [0, 0.1) is 0 Å². The first-order valence-corrected chi connectivity index (χ1v) is 6.44. The van der Waals surface area contributed by atoms with E-state index in [1.165, 1.54) is 0 Å². The third-order valence-corrected chi connectivity index (χ3v) is 2.78. The highest BCUT2D eigenvalue weighted by Gasteiger charge is 2.20. The Hall–Kier alpha value is -2.21. The molecule has 1 aromatic heterocycles. The van der Waals surface area contributed by atoms with E-state index < -0.39 is 5.97 Å². The summed E-state index contributed by atoms with van der Waals surface area (Å²) in [5, 5.41) is 10.5. The van der Waals surface area contributed by atoms with Gasteiger partial charge < -0.3 is 9.64 Å². The van der Waals surface area contributed by atoms with E-state index in [1.807, 2.05) is 38.4 Å². The molecular formula is C14H18N4O2. The molecule has 0 saturated carbocycles. The molecular weight excluding hydrogens is 256 g/mol. The second-order valence-corrected chi connectivity index (χ2v) is 4.64. The lowest BCUT2D eigenvalue weighted by atomic mass is 10.0. The van der Waals surface area contributed by atoms with Gasteiger partial charge >= 0.3 is 5.97 Å². The van der Waals surface area contributed by atoms with Gasteiger partial charge in [-0.3, -0.25) is 0 Å². The molecule has 0 radical (unpaired) electrons. The zero-order valence-electron chi connectivity index (χ0n) is 11.9. The van der Waals surface area contributed by atoms with Crippen molar-refractivity contribution in [2.45, 2.75) is 13.5 Å². The minimum Gasteiger partial charge on any atom is -0.461 e. The summed E-state index contributed by atoms with van der Waals surface area (Å²) >= 11 is 0. The van der Waals surface area contributed by atoms with Gasteiger partial charge in [-0.2, -0.15) is 10.3 Å². The van der Waals surface area contributed by atoms with Gasteiger partial charge in [0.2, 0.25) is 0 Å². The van der Waals surface area contributed by atoms with E-state index in [2.05, 4.69) is 20.3 Å². The first kappa shape index (κ1) is 14.2. The number of H-pyrrole nitrogens is 1. The van der Waals surface area contributed by atoms with Crippen molar-refractivity contribution in [2.24, 2.45) is 0 Å². The Balaban J connectivity index is 2.42. The van der Waals surface area contributed by atoms with Gasteiger partial charge in [0.05, 0.1) is 6.61 Å². The van der Waals surface area contributed by atoms with E-state index in [0.29, 0.717) is 12.3 Å².